The van der Waals surface area contributed by atoms with Crippen molar-refractivity contribution in [3.05, 3.63) is 79.2 Å². The summed E-state index contributed by atoms with van der Waals surface area (Å²) in [6, 6.07) is 9.64. The van der Waals surface area contributed by atoms with Gasteiger partial charge >= 0.3 is 180 Å². The van der Waals surface area contributed by atoms with Crippen molar-refractivity contribution in [1.29, 1.82) is 0 Å². The van der Waals surface area contributed by atoms with E-state index in [4.69, 9.17) is 0 Å². The first kappa shape index (κ1) is 24.9. The average molecular weight is 493 g/mol. The zero-order chi connectivity index (χ0) is 19.6. The molecule has 0 aromatic heterocycles. The molecule has 4 rings (SSSR count). The number of fused-ring (bicyclic) bond motifs is 2. The Labute approximate surface area is 203 Å². The third-order valence-electron chi connectivity index (χ3n) is 7.29. The van der Waals surface area contributed by atoms with Crippen LogP contribution in [0.4, 0.5) is 0 Å². The first-order valence-electron chi connectivity index (χ1n) is 10.1. The molecule has 0 heterocycles. The molecule has 2 aromatic rings. The molecule has 0 radical (unpaired) electrons. The fourth-order valence-corrected chi connectivity index (χ4v) is 10.8. The molecule has 0 saturated heterocycles. The number of hydrogen-bond acceptors (Lipinski definition) is 0. The zero-order valence-electron chi connectivity index (χ0n) is 18.7. The van der Waals surface area contributed by atoms with E-state index >= 15 is 0 Å². The van der Waals surface area contributed by atoms with Gasteiger partial charge in [0.25, 0.3) is 0 Å². The van der Waals surface area contributed by atoms with E-state index in [0.717, 1.165) is 8.45 Å². The summed E-state index contributed by atoms with van der Waals surface area (Å²) in [6.45, 7) is 14.0. The summed E-state index contributed by atoms with van der Waals surface area (Å²) >= 11 is -0.157. The normalized spacial score (nSPS) is 19.7. The Hall–Kier alpha value is -0.352. The molecule has 2 atom stereocenters. The van der Waals surface area contributed by atoms with Gasteiger partial charge in [-0.15, -0.1) is 0 Å². The summed E-state index contributed by atoms with van der Waals surface area (Å²) in [5, 5.41) is 3.56. The van der Waals surface area contributed by atoms with Gasteiger partial charge in [0.15, 0.2) is 0 Å². The van der Waals surface area contributed by atoms with Gasteiger partial charge < -0.3 is 24.8 Å². The summed E-state index contributed by atoms with van der Waals surface area (Å²) in [7, 11) is 2.40. The van der Waals surface area contributed by atoms with Crippen LogP contribution in [0.15, 0.2) is 34.7 Å². The molecular weight excluding hydrogens is 463 g/mol. The van der Waals surface area contributed by atoms with E-state index in [0.29, 0.717) is 0 Å². The summed E-state index contributed by atoms with van der Waals surface area (Å²) in [4.78, 5) is 0. The monoisotopic (exact) mass is 492 g/mol. The number of hydrogen-bond donors (Lipinski definition) is 0. The van der Waals surface area contributed by atoms with Crippen molar-refractivity contribution in [2.24, 2.45) is 0 Å². The van der Waals surface area contributed by atoms with E-state index in [1.54, 1.807) is 43.8 Å². The molecule has 2 aliphatic carbocycles. The van der Waals surface area contributed by atoms with Crippen LogP contribution in [0.1, 0.15) is 66.8 Å². The minimum absolute atomic E-state index is 0. The van der Waals surface area contributed by atoms with Crippen molar-refractivity contribution in [3.8, 4) is 0 Å². The minimum atomic E-state index is -0.157. The Morgan fingerprint density at radius 1 is 0.621 bits per heavy atom. The van der Waals surface area contributed by atoms with E-state index < -0.39 is 0 Å². The maximum absolute atomic E-state index is 2.46. The van der Waals surface area contributed by atoms with E-state index in [9.17, 15) is 0 Å². The summed E-state index contributed by atoms with van der Waals surface area (Å²) in [6.07, 6.45) is 0. The Morgan fingerprint density at radius 2 is 0.966 bits per heavy atom. The first-order chi connectivity index (χ1) is 12.7. The van der Waals surface area contributed by atoms with Gasteiger partial charge in [0.05, 0.1) is 0 Å². The number of halogens is 2. The molecule has 2 aliphatic rings. The summed E-state index contributed by atoms with van der Waals surface area (Å²) in [5.41, 5.74) is 15.7. The van der Waals surface area contributed by atoms with Gasteiger partial charge in [-0.1, -0.05) is 0 Å². The average Bonchev–Trinajstić information content (AvgIpc) is 3.02. The largest absolute Gasteiger partial charge is 1.00 e. The van der Waals surface area contributed by atoms with Gasteiger partial charge in [0.2, 0.25) is 0 Å². The van der Waals surface area contributed by atoms with Gasteiger partial charge in [-0.25, -0.2) is 0 Å². The van der Waals surface area contributed by atoms with Crippen LogP contribution in [-0.2, 0) is 19.2 Å². The van der Waals surface area contributed by atoms with Crippen LogP contribution >= 0.6 is 0 Å². The first-order valence-corrected chi connectivity index (χ1v) is 13.9. The fourth-order valence-electron chi connectivity index (χ4n) is 5.04. The molecular formula is C24H30Cl2Si2Ti. The predicted octanol–water partition coefficient (Wildman–Crippen LogP) is -1.99. The number of allylic oxidation sites excluding steroid dienone is 4. The molecule has 29 heavy (non-hydrogen) atoms. The predicted molar refractivity (Wildman–Crippen MR) is 122 cm³/mol. The van der Waals surface area contributed by atoms with Crippen LogP contribution in [0.25, 0.3) is 11.1 Å². The van der Waals surface area contributed by atoms with Crippen molar-refractivity contribution in [3.63, 3.8) is 0 Å². The number of rotatable bonds is 2. The molecule has 0 saturated carbocycles. The Bertz CT molecular complexity index is 970. The Kier molecular flexibility index (Phi) is 7.75. The smallest absolute Gasteiger partial charge is 1.00 e. The van der Waals surface area contributed by atoms with E-state index in [-0.39, 0.29) is 44.0 Å². The fraction of sp³-hybridized carbons (Fsp3) is 0.333. The Morgan fingerprint density at radius 3 is 1.31 bits per heavy atom. The van der Waals surface area contributed by atoms with Crippen molar-refractivity contribution in [1.82, 2.24) is 0 Å². The second kappa shape index (κ2) is 9.02. The number of benzene rings is 2. The van der Waals surface area contributed by atoms with Crippen LogP contribution in [0.3, 0.4) is 0 Å². The number of aryl methyl sites for hydroxylation is 2. The van der Waals surface area contributed by atoms with Gasteiger partial charge in [0.1, 0.15) is 0 Å². The second-order valence-electron chi connectivity index (χ2n) is 8.59. The van der Waals surface area contributed by atoms with E-state index in [1.165, 1.54) is 42.7 Å². The van der Waals surface area contributed by atoms with Gasteiger partial charge in [-0.3, -0.25) is 0 Å². The SMILES string of the molecule is CC1=C([SiH3])[CH]([Ti+2][CH]2C([SiH3])=C(C)c3c2ccc(C)c3C)c2ccc(C)c(C)c21.[Cl-].[Cl-]. The molecule has 2 unspecified atom stereocenters. The summed E-state index contributed by atoms with van der Waals surface area (Å²) in [5.74, 6) is 0. The molecule has 0 spiro atoms. The van der Waals surface area contributed by atoms with Crippen LogP contribution < -0.4 is 24.8 Å². The third-order valence-corrected chi connectivity index (χ3v) is 15.1. The van der Waals surface area contributed by atoms with Crippen molar-refractivity contribution >= 4 is 31.6 Å². The van der Waals surface area contributed by atoms with E-state index in [1.807, 2.05) is 0 Å². The Balaban J connectivity index is 0.00000150. The molecule has 0 fully saturated rings. The molecule has 0 bridgehead atoms. The van der Waals surface area contributed by atoms with Crippen LogP contribution in [0.5, 0.6) is 0 Å². The van der Waals surface area contributed by atoms with Crippen LogP contribution in [-0.4, -0.2) is 20.5 Å². The molecule has 0 amide bonds. The van der Waals surface area contributed by atoms with Crippen LogP contribution in [0.2, 0.25) is 0 Å². The standard InChI is InChI=1S/2C12H15Si.2ClH.Ti/c2*1-7-4-5-10-6-11(13)9(3)12(10)8(7)2;;;/h2*4-6H,1-3,13H3;2*1H;/q;;;;+2/p-2. The quantitative estimate of drug-likeness (QED) is 0.426. The topological polar surface area (TPSA) is 0 Å². The third kappa shape index (κ3) is 3.75. The minimum Gasteiger partial charge on any atom is -1.00 e. The maximum atomic E-state index is 2.46. The molecule has 0 nitrogen and oxygen atoms in total. The molecule has 2 aromatic carbocycles. The molecule has 0 aliphatic heterocycles. The van der Waals surface area contributed by atoms with E-state index in [2.05, 4.69) is 65.8 Å². The zero-order valence-corrected chi connectivity index (χ0v) is 25.8. The van der Waals surface area contributed by atoms with Crippen LogP contribution in [0, 0.1) is 27.7 Å². The van der Waals surface area contributed by atoms with Gasteiger partial charge in [-0.05, 0) is 0 Å². The van der Waals surface area contributed by atoms with Gasteiger partial charge in [-0.2, -0.15) is 0 Å². The molecule has 0 N–H and O–H groups in total. The summed E-state index contributed by atoms with van der Waals surface area (Å²) < 4.78 is 1.50. The van der Waals surface area contributed by atoms with Crippen molar-refractivity contribution in [2.75, 3.05) is 0 Å². The maximum Gasteiger partial charge on any atom is -1.00 e. The molecule has 152 valence electrons. The van der Waals surface area contributed by atoms with Crippen molar-refractivity contribution < 1.29 is 44.0 Å². The second-order valence-corrected chi connectivity index (χ2v) is 13.1. The molecule has 5 heteroatoms. The van der Waals surface area contributed by atoms with Crippen molar-refractivity contribution in [2.45, 2.75) is 50.0 Å². The van der Waals surface area contributed by atoms with Gasteiger partial charge in [0, 0.05) is 0 Å².